The van der Waals surface area contributed by atoms with Gasteiger partial charge in [0.15, 0.2) is 5.82 Å². The van der Waals surface area contributed by atoms with Crippen molar-refractivity contribution >= 4 is 35.0 Å². The van der Waals surface area contributed by atoms with Gasteiger partial charge in [0, 0.05) is 48.6 Å². The van der Waals surface area contributed by atoms with E-state index in [1.165, 1.54) is 18.0 Å². The molecule has 2 heterocycles. The predicted molar refractivity (Wildman–Crippen MR) is 132 cm³/mol. The maximum absolute atomic E-state index is 14.8. The molecule has 11 heteroatoms. The van der Waals surface area contributed by atoms with Crippen molar-refractivity contribution in [1.82, 2.24) is 19.9 Å². The lowest BCUT2D eigenvalue weighted by Crippen LogP contribution is -2.22. The maximum Gasteiger partial charge on any atom is 0.163 e. The number of nitrogens with two attached hydrogens (primary N) is 1. The Hall–Kier alpha value is -3.44. The molecular weight excluding hydrogens is 443 g/mol. The summed E-state index contributed by atoms with van der Waals surface area (Å²) in [6, 6.07) is 8.14. The normalized spacial score (nSPS) is 10.8. The van der Waals surface area contributed by atoms with E-state index in [1.54, 1.807) is 44.5 Å². The van der Waals surface area contributed by atoms with Gasteiger partial charge >= 0.3 is 0 Å². The van der Waals surface area contributed by atoms with Gasteiger partial charge in [-0.15, -0.1) is 0 Å². The van der Waals surface area contributed by atoms with E-state index in [-0.39, 0.29) is 23.0 Å². The van der Waals surface area contributed by atoms with Gasteiger partial charge in [0.05, 0.1) is 18.4 Å². The number of aromatic nitrogens is 3. The number of nitrogen functional groups attached to an aromatic ring is 1. The van der Waals surface area contributed by atoms with E-state index in [2.05, 4.69) is 25.0 Å². The van der Waals surface area contributed by atoms with Crippen LogP contribution in [0.4, 0.5) is 21.7 Å². The number of hydrogen-bond donors (Lipinski definition) is 4. The molecule has 3 aromatic rings. The Labute approximate surface area is 196 Å². The molecule has 0 bridgehead atoms. The number of pyridine rings is 1. The van der Waals surface area contributed by atoms with E-state index in [4.69, 9.17) is 15.9 Å². The first-order valence-electron chi connectivity index (χ1n) is 10.1. The van der Waals surface area contributed by atoms with Gasteiger partial charge in [-0.1, -0.05) is 0 Å². The molecule has 0 atom stereocenters. The molecule has 1 aromatic carbocycles. The Kier molecular flexibility index (Phi) is 8.01. The smallest absolute Gasteiger partial charge is 0.163 e. The Morgan fingerprint density at radius 1 is 1.24 bits per heavy atom. The summed E-state index contributed by atoms with van der Waals surface area (Å²) in [6.45, 7) is 3.00. The number of nitrogens with one attached hydrogen (secondary N) is 3. The third-order valence-corrected chi connectivity index (χ3v) is 5.35. The predicted octanol–water partition coefficient (Wildman–Crippen LogP) is 3.75. The van der Waals surface area contributed by atoms with Crippen molar-refractivity contribution in [2.45, 2.75) is 11.9 Å². The highest BCUT2D eigenvalue weighted by Gasteiger charge is 2.16. The fourth-order valence-corrected chi connectivity index (χ4v) is 3.59. The molecule has 0 aliphatic carbocycles. The topological polar surface area (TPSA) is 125 Å². The standard InChI is InChI=1S/C22H27FN8OS/c1-13(24)19-20(25)28-21(29-22(19)27-9-10-31(2)3)14-5-6-17(16(23)11-14)30-33-18-12-15(32-4)7-8-26-18/h5-8,11-12,24,30H,9-10H2,1-4H3,(H3,25,27,28,29). The SMILES string of the molecule is COc1ccnc(SNc2ccc(-c3nc(N)c(C(C)=N)c(NCCN(C)C)n3)cc2F)c1. The van der Waals surface area contributed by atoms with E-state index in [9.17, 15) is 4.39 Å². The van der Waals surface area contributed by atoms with Gasteiger partial charge in [0.25, 0.3) is 0 Å². The average Bonchev–Trinajstić information content (AvgIpc) is 2.77. The molecule has 0 saturated carbocycles. The Morgan fingerprint density at radius 2 is 2.03 bits per heavy atom. The van der Waals surface area contributed by atoms with Crippen molar-refractivity contribution in [3.8, 4) is 17.1 Å². The minimum atomic E-state index is -0.473. The van der Waals surface area contributed by atoms with Crippen LogP contribution in [0.15, 0.2) is 41.6 Å². The lowest BCUT2D eigenvalue weighted by molar-refractivity contribution is 0.412. The van der Waals surface area contributed by atoms with E-state index in [0.717, 1.165) is 6.54 Å². The molecule has 0 spiro atoms. The lowest BCUT2D eigenvalue weighted by Gasteiger charge is -2.16. The molecule has 0 aliphatic heterocycles. The van der Waals surface area contributed by atoms with Crippen LogP contribution >= 0.6 is 11.9 Å². The van der Waals surface area contributed by atoms with E-state index in [1.807, 2.05) is 19.0 Å². The van der Waals surface area contributed by atoms with Crippen LogP contribution < -0.4 is 20.5 Å². The van der Waals surface area contributed by atoms with Crippen LogP contribution in [0.3, 0.4) is 0 Å². The quantitative estimate of drug-likeness (QED) is 0.259. The molecule has 33 heavy (non-hydrogen) atoms. The van der Waals surface area contributed by atoms with E-state index >= 15 is 0 Å². The summed E-state index contributed by atoms with van der Waals surface area (Å²) in [5, 5.41) is 11.9. The molecule has 0 saturated heterocycles. The largest absolute Gasteiger partial charge is 0.497 e. The molecule has 0 aliphatic rings. The zero-order valence-electron chi connectivity index (χ0n) is 18.9. The fourth-order valence-electron chi connectivity index (χ4n) is 2.92. The molecule has 3 rings (SSSR count). The van der Waals surface area contributed by atoms with Crippen molar-refractivity contribution < 1.29 is 9.13 Å². The number of benzene rings is 1. The van der Waals surface area contributed by atoms with Crippen LogP contribution in [0.1, 0.15) is 12.5 Å². The average molecular weight is 471 g/mol. The summed E-state index contributed by atoms with van der Waals surface area (Å²) < 4.78 is 23.0. The Morgan fingerprint density at radius 3 is 2.70 bits per heavy atom. The number of hydrogen-bond acceptors (Lipinski definition) is 10. The number of likely N-dealkylation sites (N-methyl/N-ethyl adjacent to an activating group) is 1. The van der Waals surface area contributed by atoms with Crippen molar-refractivity contribution in [3.63, 3.8) is 0 Å². The summed E-state index contributed by atoms with van der Waals surface area (Å²) in [5.74, 6) is 1.09. The van der Waals surface area contributed by atoms with Crippen LogP contribution in [-0.4, -0.2) is 59.9 Å². The second kappa shape index (κ2) is 10.9. The first-order valence-corrected chi connectivity index (χ1v) is 10.9. The van der Waals surface area contributed by atoms with Gasteiger partial charge in [-0.25, -0.2) is 19.3 Å². The summed E-state index contributed by atoms with van der Waals surface area (Å²) >= 11 is 1.17. The first-order chi connectivity index (χ1) is 15.8. The summed E-state index contributed by atoms with van der Waals surface area (Å²) in [4.78, 5) is 15.1. The third-order valence-electron chi connectivity index (χ3n) is 4.60. The highest BCUT2D eigenvalue weighted by molar-refractivity contribution is 8.00. The first kappa shape index (κ1) is 24.2. The number of anilines is 3. The van der Waals surface area contributed by atoms with Gasteiger partial charge < -0.3 is 30.8 Å². The summed E-state index contributed by atoms with van der Waals surface area (Å²) in [6.07, 6.45) is 1.62. The molecule has 2 aromatic heterocycles. The molecule has 0 amide bonds. The molecule has 0 radical (unpaired) electrons. The van der Waals surface area contributed by atoms with Crippen molar-refractivity contribution in [1.29, 1.82) is 5.41 Å². The van der Waals surface area contributed by atoms with E-state index in [0.29, 0.717) is 34.3 Å². The molecule has 9 nitrogen and oxygen atoms in total. The minimum Gasteiger partial charge on any atom is -0.497 e. The maximum atomic E-state index is 14.8. The van der Waals surface area contributed by atoms with Gasteiger partial charge in [0.2, 0.25) is 0 Å². The fraction of sp³-hybridized carbons (Fsp3) is 0.273. The monoisotopic (exact) mass is 470 g/mol. The molecular formula is C22H27FN8OS. The molecule has 0 unspecified atom stereocenters. The number of rotatable bonds is 10. The van der Waals surface area contributed by atoms with Crippen molar-refractivity contribution in [2.75, 3.05) is 50.1 Å². The molecule has 0 fully saturated rings. The summed E-state index contributed by atoms with van der Waals surface area (Å²) in [7, 11) is 5.50. The number of halogens is 1. The zero-order chi connectivity index (χ0) is 24.0. The van der Waals surface area contributed by atoms with Gasteiger partial charge in [-0.2, -0.15) is 0 Å². The second-order valence-electron chi connectivity index (χ2n) is 7.44. The Bertz CT molecular complexity index is 1140. The number of ether oxygens (including phenoxy) is 1. The number of methoxy groups -OCH3 is 1. The van der Waals surface area contributed by atoms with Crippen molar-refractivity contribution in [3.05, 3.63) is 47.9 Å². The van der Waals surface area contributed by atoms with Crippen molar-refractivity contribution in [2.24, 2.45) is 0 Å². The van der Waals surface area contributed by atoms with Crippen LogP contribution in [0, 0.1) is 11.2 Å². The van der Waals surface area contributed by atoms with Gasteiger partial charge in [-0.05, 0) is 45.3 Å². The second-order valence-corrected chi connectivity index (χ2v) is 8.27. The highest BCUT2D eigenvalue weighted by atomic mass is 32.2. The summed E-state index contributed by atoms with van der Waals surface area (Å²) in [5.41, 5.74) is 7.58. The molecule has 174 valence electrons. The molecule has 5 N–H and O–H groups in total. The van der Waals surface area contributed by atoms with Gasteiger partial charge in [-0.3, -0.25) is 0 Å². The lowest BCUT2D eigenvalue weighted by atomic mass is 10.1. The van der Waals surface area contributed by atoms with Crippen LogP contribution in [0.5, 0.6) is 5.75 Å². The zero-order valence-corrected chi connectivity index (χ0v) is 19.8. The van der Waals surface area contributed by atoms with Crippen LogP contribution in [0.25, 0.3) is 11.4 Å². The van der Waals surface area contributed by atoms with Crippen LogP contribution in [-0.2, 0) is 0 Å². The highest BCUT2D eigenvalue weighted by Crippen LogP contribution is 2.29. The Balaban J connectivity index is 1.82. The van der Waals surface area contributed by atoms with Gasteiger partial charge in [0.1, 0.15) is 28.2 Å². The van der Waals surface area contributed by atoms with Crippen LogP contribution in [0.2, 0.25) is 0 Å². The third kappa shape index (κ3) is 6.30. The van der Waals surface area contributed by atoms with E-state index < -0.39 is 5.82 Å². The number of nitrogens with zero attached hydrogens (tertiary/aromatic N) is 4. The minimum absolute atomic E-state index is 0.169.